The number of amides is 1. The van der Waals surface area contributed by atoms with Crippen LogP contribution in [0.5, 0.6) is 5.75 Å². The molecule has 0 aliphatic rings. The Labute approximate surface area is 157 Å². The number of benzene rings is 3. The fourth-order valence-corrected chi connectivity index (χ4v) is 2.83. The van der Waals surface area contributed by atoms with E-state index >= 15 is 0 Å². The fraction of sp³-hybridized carbons (Fsp3) is 0.182. The molecule has 5 heteroatoms. The zero-order valence-corrected chi connectivity index (χ0v) is 15.0. The molecule has 0 unspecified atom stereocenters. The van der Waals surface area contributed by atoms with Crippen LogP contribution in [0.25, 0.3) is 10.8 Å². The van der Waals surface area contributed by atoms with Crippen LogP contribution in [0.1, 0.15) is 22.8 Å². The van der Waals surface area contributed by atoms with Crippen LogP contribution in [0.4, 0.5) is 0 Å². The second kappa shape index (κ2) is 8.36. The quantitative estimate of drug-likeness (QED) is 0.672. The largest absolute Gasteiger partial charge is 0.492 e. The van der Waals surface area contributed by atoms with E-state index in [4.69, 9.17) is 9.84 Å². The molecule has 138 valence electrons. The van der Waals surface area contributed by atoms with Crippen molar-refractivity contribution in [1.82, 2.24) is 5.32 Å². The summed E-state index contributed by atoms with van der Waals surface area (Å²) >= 11 is 0. The van der Waals surface area contributed by atoms with Crippen molar-refractivity contribution in [2.24, 2.45) is 0 Å². The van der Waals surface area contributed by atoms with E-state index in [0.29, 0.717) is 24.3 Å². The van der Waals surface area contributed by atoms with Crippen LogP contribution >= 0.6 is 0 Å². The third-order valence-corrected chi connectivity index (χ3v) is 4.32. The molecule has 0 heterocycles. The van der Waals surface area contributed by atoms with Crippen molar-refractivity contribution in [3.8, 4) is 5.75 Å². The normalized spacial score (nSPS) is 11.7. The van der Waals surface area contributed by atoms with Crippen molar-refractivity contribution in [3.05, 3.63) is 77.9 Å². The molecule has 0 fully saturated rings. The maximum Gasteiger partial charge on any atom is 0.325 e. The predicted octanol–water partition coefficient (Wildman–Crippen LogP) is 3.66. The third kappa shape index (κ3) is 4.44. The molecular formula is C22H21NO4. The minimum atomic E-state index is -1.09. The van der Waals surface area contributed by atoms with Gasteiger partial charge in [-0.3, -0.25) is 9.59 Å². The van der Waals surface area contributed by atoms with Crippen molar-refractivity contribution in [2.75, 3.05) is 6.61 Å². The maximum absolute atomic E-state index is 12.6. The minimum Gasteiger partial charge on any atom is -0.492 e. The first-order chi connectivity index (χ1) is 13.1. The summed E-state index contributed by atoms with van der Waals surface area (Å²) in [5.41, 5.74) is 1.47. The summed E-state index contributed by atoms with van der Waals surface area (Å²) in [4.78, 5) is 23.6. The lowest BCUT2D eigenvalue weighted by molar-refractivity contribution is -0.138. The number of carboxylic acids is 1. The number of hydrogen-bond donors (Lipinski definition) is 2. The van der Waals surface area contributed by atoms with E-state index in [-0.39, 0.29) is 0 Å². The molecule has 2 N–H and O–H groups in total. The molecule has 3 aromatic carbocycles. The van der Waals surface area contributed by atoms with Gasteiger partial charge < -0.3 is 15.2 Å². The Morgan fingerprint density at radius 3 is 2.44 bits per heavy atom. The van der Waals surface area contributed by atoms with Gasteiger partial charge in [-0.05, 0) is 23.9 Å². The van der Waals surface area contributed by atoms with E-state index < -0.39 is 17.9 Å². The Morgan fingerprint density at radius 2 is 1.70 bits per heavy atom. The molecule has 0 aliphatic heterocycles. The van der Waals surface area contributed by atoms with E-state index in [2.05, 4.69) is 5.32 Å². The Kier molecular flexibility index (Phi) is 5.71. The summed E-state index contributed by atoms with van der Waals surface area (Å²) in [6.45, 7) is 1.84. The number of aliphatic carboxylic acids is 1. The summed E-state index contributed by atoms with van der Waals surface area (Å²) in [6.07, 6.45) is 0.705. The first-order valence-electron chi connectivity index (χ1n) is 8.78. The Hall–Kier alpha value is -3.34. The van der Waals surface area contributed by atoms with Gasteiger partial charge in [-0.1, -0.05) is 60.7 Å². The highest BCUT2D eigenvalue weighted by Crippen LogP contribution is 2.30. The molecule has 0 aliphatic carbocycles. The highest BCUT2D eigenvalue weighted by molar-refractivity contribution is 6.04. The second-order valence-electron chi connectivity index (χ2n) is 6.28. The van der Waals surface area contributed by atoms with Crippen molar-refractivity contribution < 1.29 is 19.4 Å². The highest BCUT2D eigenvalue weighted by Gasteiger charge is 2.20. The Morgan fingerprint density at radius 1 is 1.00 bits per heavy atom. The topological polar surface area (TPSA) is 75.6 Å². The molecule has 3 rings (SSSR count). The summed E-state index contributed by atoms with van der Waals surface area (Å²) in [5.74, 6) is -1.08. The van der Waals surface area contributed by atoms with E-state index in [1.54, 1.807) is 6.07 Å². The lowest BCUT2D eigenvalue weighted by Gasteiger charge is -2.16. The minimum absolute atomic E-state index is 0.329. The maximum atomic E-state index is 12.6. The number of carbonyl (C=O) groups excluding carboxylic acids is 1. The summed E-state index contributed by atoms with van der Waals surface area (Å²) in [7, 11) is 0. The fourth-order valence-electron chi connectivity index (χ4n) is 2.83. The molecule has 0 radical (unpaired) electrons. The van der Waals surface area contributed by atoms with Gasteiger partial charge in [0.05, 0.1) is 12.2 Å². The van der Waals surface area contributed by atoms with Crippen LogP contribution < -0.4 is 10.1 Å². The molecule has 1 atom stereocenters. The highest BCUT2D eigenvalue weighted by atomic mass is 16.5. The lowest BCUT2D eigenvalue weighted by Crippen LogP contribution is -2.38. The molecule has 1 amide bonds. The van der Waals surface area contributed by atoms with Crippen molar-refractivity contribution in [3.63, 3.8) is 0 Å². The number of nitrogens with one attached hydrogen (secondary N) is 1. The van der Waals surface area contributed by atoms with Gasteiger partial charge in [0.15, 0.2) is 0 Å². The van der Waals surface area contributed by atoms with E-state index in [9.17, 15) is 9.59 Å². The molecule has 0 spiro atoms. The SMILES string of the molecule is C[C@@H](NC(=O)c1ccc2ccccc2c1OCCc1ccccc1)C(=O)O. The summed E-state index contributed by atoms with van der Waals surface area (Å²) in [5, 5.41) is 13.3. The van der Waals surface area contributed by atoms with Gasteiger partial charge in [-0.2, -0.15) is 0 Å². The average Bonchev–Trinajstić information content (AvgIpc) is 2.68. The molecule has 3 aromatic rings. The molecule has 0 saturated carbocycles. The number of rotatable bonds is 7. The number of carbonyl (C=O) groups is 2. The zero-order chi connectivity index (χ0) is 19.2. The lowest BCUT2D eigenvalue weighted by atomic mass is 10.0. The van der Waals surface area contributed by atoms with E-state index in [1.165, 1.54) is 6.92 Å². The Bertz CT molecular complexity index is 953. The van der Waals surface area contributed by atoms with Crippen molar-refractivity contribution >= 4 is 22.6 Å². The summed E-state index contributed by atoms with van der Waals surface area (Å²) in [6, 6.07) is 20.1. The van der Waals surface area contributed by atoms with Crippen LogP contribution in [0, 0.1) is 0 Å². The zero-order valence-electron chi connectivity index (χ0n) is 15.0. The average molecular weight is 363 g/mol. The van der Waals surface area contributed by atoms with Gasteiger partial charge in [-0.15, -0.1) is 0 Å². The van der Waals surface area contributed by atoms with Gasteiger partial charge in [0.1, 0.15) is 11.8 Å². The third-order valence-electron chi connectivity index (χ3n) is 4.32. The number of ether oxygens (including phenoxy) is 1. The van der Waals surface area contributed by atoms with Crippen LogP contribution in [-0.4, -0.2) is 29.6 Å². The standard InChI is InChI=1S/C22H21NO4/c1-15(22(25)26)23-21(24)19-12-11-17-9-5-6-10-18(17)20(19)27-14-13-16-7-3-2-4-8-16/h2-12,15H,13-14H2,1H3,(H,23,24)(H,25,26)/t15-/m1/s1. The monoisotopic (exact) mass is 363 g/mol. The Balaban J connectivity index is 1.87. The van der Waals surface area contributed by atoms with Crippen LogP contribution in [0.2, 0.25) is 0 Å². The van der Waals surface area contributed by atoms with Crippen LogP contribution in [0.15, 0.2) is 66.7 Å². The number of carboxylic acid groups (broad SMARTS) is 1. The molecule has 5 nitrogen and oxygen atoms in total. The van der Waals surface area contributed by atoms with Crippen molar-refractivity contribution in [2.45, 2.75) is 19.4 Å². The van der Waals surface area contributed by atoms with Gasteiger partial charge in [-0.25, -0.2) is 0 Å². The molecule has 0 aromatic heterocycles. The first kappa shape index (κ1) is 18.5. The number of hydrogen-bond acceptors (Lipinski definition) is 3. The summed E-state index contributed by atoms with van der Waals surface area (Å²) < 4.78 is 6.01. The van der Waals surface area contributed by atoms with E-state index in [0.717, 1.165) is 16.3 Å². The molecular weight excluding hydrogens is 342 g/mol. The smallest absolute Gasteiger partial charge is 0.325 e. The van der Waals surface area contributed by atoms with Gasteiger partial charge in [0, 0.05) is 11.8 Å². The van der Waals surface area contributed by atoms with Crippen LogP contribution in [-0.2, 0) is 11.2 Å². The molecule has 0 saturated heterocycles. The van der Waals surface area contributed by atoms with Gasteiger partial charge >= 0.3 is 5.97 Å². The molecule has 0 bridgehead atoms. The van der Waals surface area contributed by atoms with Crippen molar-refractivity contribution in [1.29, 1.82) is 0 Å². The van der Waals surface area contributed by atoms with E-state index in [1.807, 2.05) is 60.7 Å². The van der Waals surface area contributed by atoms with Crippen LogP contribution in [0.3, 0.4) is 0 Å². The second-order valence-corrected chi connectivity index (χ2v) is 6.28. The number of fused-ring (bicyclic) bond motifs is 1. The predicted molar refractivity (Wildman–Crippen MR) is 104 cm³/mol. The van der Waals surface area contributed by atoms with Gasteiger partial charge in [0.2, 0.25) is 0 Å². The molecule has 27 heavy (non-hydrogen) atoms. The van der Waals surface area contributed by atoms with Gasteiger partial charge in [0.25, 0.3) is 5.91 Å². The first-order valence-corrected chi connectivity index (χ1v) is 8.78.